The molecule has 0 radical (unpaired) electrons. The number of nitrogens with one attached hydrogen (secondary N) is 1. The molecule has 1 heterocycles. The third kappa shape index (κ3) is 3.32. The molecular formula is C22H19N3O2. The Bertz CT molecular complexity index is 1110. The van der Waals surface area contributed by atoms with E-state index in [0.717, 1.165) is 33.3 Å². The highest BCUT2D eigenvalue weighted by Crippen LogP contribution is 2.26. The van der Waals surface area contributed by atoms with Crippen LogP contribution in [0.4, 0.5) is 0 Å². The Morgan fingerprint density at radius 2 is 1.63 bits per heavy atom. The van der Waals surface area contributed by atoms with E-state index in [1.165, 1.54) is 0 Å². The molecule has 5 nitrogen and oxygen atoms in total. The Balaban J connectivity index is 1.62. The highest BCUT2D eigenvalue weighted by Gasteiger charge is 2.12. The number of imidazole rings is 1. The second-order valence-corrected chi connectivity index (χ2v) is 6.62. The lowest BCUT2D eigenvalue weighted by Crippen LogP contribution is -2.10. The average molecular weight is 357 g/mol. The first-order valence-electron chi connectivity index (χ1n) is 8.66. The van der Waals surface area contributed by atoms with E-state index in [9.17, 15) is 9.90 Å². The molecule has 27 heavy (non-hydrogen) atoms. The van der Waals surface area contributed by atoms with Crippen LogP contribution in [0.3, 0.4) is 0 Å². The highest BCUT2D eigenvalue weighted by atomic mass is 16.3. The summed E-state index contributed by atoms with van der Waals surface area (Å²) >= 11 is 0. The van der Waals surface area contributed by atoms with Crippen LogP contribution < -0.4 is 5.73 Å². The van der Waals surface area contributed by atoms with Crippen molar-refractivity contribution in [2.75, 3.05) is 0 Å². The molecule has 0 spiro atoms. The Labute approximate surface area is 156 Å². The SMILES string of the molecule is Cc1ccc(C(O)c2ccc(-c3nc4ccc(C(N)=O)cc4[nH]3)cc2)cc1. The number of hydrogen-bond acceptors (Lipinski definition) is 3. The standard InChI is InChI=1S/C22H19N3O2/c1-13-2-4-14(5-3-13)20(26)15-6-8-16(9-7-15)22-24-18-11-10-17(21(23)27)12-19(18)25-22/h2-12,20,26H,1H3,(H2,23,27)(H,24,25). The Morgan fingerprint density at radius 1 is 1.00 bits per heavy atom. The molecule has 0 aliphatic heterocycles. The van der Waals surface area contributed by atoms with Crippen molar-refractivity contribution in [3.8, 4) is 11.4 Å². The maximum atomic E-state index is 11.3. The molecule has 1 amide bonds. The zero-order valence-electron chi connectivity index (χ0n) is 14.8. The molecule has 0 fully saturated rings. The summed E-state index contributed by atoms with van der Waals surface area (Å²) in [5.74, 6) is 0.227. The fraction of sp³-hybridized carbons (Fsp3) is 0.0909. The Kier molecular flexibility index (Phi) is 4.22. The maximum absolute atomic E-state index is 11.3. The number of hydrogen-bond donors (Lipinski definition) is 3. The molecule has 134 valence electrons. The predicted octanol–water partition coefficient (Wildman–Crippen LogP) is 3.72. The molecule has 1 aromatic heterocycles. The number of aliphatic hydroxyl groups is 1. The number of H-pyrrole nitrogens is 1. The number of aromatic nitrogens is 2. The molecule has 4 rings (SSSR count). The second-order valence-electron chi connectivity index (χ2n) is 6.62. The zero-order valence-corrected chi connectivity index (χ0v) is 14.8. The average Bonchev–Trinajstić information content (AvgIpc) is 3.11. The summed E-state index contributed by atoms with van der Waals surface area (Å²) in [6, 6.07) is 20.6. The summed E-state index contributed by atoms with van der Waals surface area (Å²) in [6.07, 6.45) is -0.673. The van der Waals surface area contributed by atoms with Crippen molar-refractivity contribution in [2.24, 2.45) is 5.73 Å². The lowest BCUT2D eigenvalue weighted by atomic mass is 9.99. The van der Waals surface area contributed by atoms with E-state index >= 15 is 0 Å². The number of nitrogens with zero attached hydrogens (tertiary/aromatic N) is 1. The van der Waals surface area contributed by atoms with Crippen LogP contribution in [0.1, 0.15) is 33.2 Å². The molecule has 0 saturated heterocycles. The summed E-state index contributed by atoms with van der Waals surface area (Å²) in [6.45, 7) is 2.02. The molecule has 0 aliphatic carbocycles. The number of aryl methyl sites for hydroxylation is 1. The van der Waals surface area contributed by atoms with Crippen LogP contribution >= 0.6 is 0 Å². The number of aromatic amines is 1. The Hall–Kier alpha value is -3.44. The van der Waals surface area contributed by atoms with Gasteiger partial charge in [-0.15, -0.1) is 0 Å². The van der Waals surface area contributed by atoms with E-state index in [-0.39, 0.29) is 0 Å². The lowest BCUT2D eigenvalue weighted by Gasteiger charge is -2.12. The molecular weight excluding hydrogens is 338 g/mol. The lowest BCUT2D eigenvalue weighted by molar-refractivity contribution is 0.100. The van der Waals surface area contributed by atoms with Gasteiger partial charge < -0.3 is 15.8 Å². The number of fused-ring (bicyclic) bond motifs is 1. The van der Waals surface area contributed by atoms with E-state index < -0.39 is 12.0 Å². The van der Waals surface area contributed by atoms with Crippen LogP contribution in [-0.4, -0.2) is 21.0 Å². The minimum absolute atomic E-state index is 0.439. The normalized spacial score (nSPS) is 12.2. The number of carbonyl (C=O) groups is 1. The molecule has 1 unspecified atom stereocenters. The molecule has 0 bridgehead atoms. The van der Waals surface area contributed by atoms with Gasteiger partial charge in [0.2, 0.25) is 5.91 Å². The first-order valence-corrected chi connectivity index (χ1v) is 8.66. The van der Waals surface area contributed by atoms with Crippen molar-refractivity contribution >= 4 is 16.9 Å². The van der Waals surface area contributed by atoms with Crippen molar-refractivity contribution in [3.63, 3.8) is 0 Å². The molecule has 4 aromatic rings. The number of rotatable bonds is 4. The third-order valence-corrected chi connectivity index (χ3v) is 4.66. The number of benzene rings is 3. The van der Waals surface area contributed by atoms with Gasteiger partial charge in [0, 0.05) is 11.1 Å². The number of carbonyl (C=O) groups excluding carboxylic acids is 1. The van der Waals surface area contributed by atoms with Gasteiger partial charge in [-0.2, -0.15) is 0 Å². The first-order chi connectivity index (χ1) is 13.0. The van der Waals surface area contributed by atoms with Crippen LogP contribution in [0.25, 0.3) is 22.4 Å². The van der Waals surface area contributed by atoms with Gasteiger partial charge in [0.25, 0.3) is 0 Å². The van der Waals surface area contributed by atoms with Crippen LogP contribution in [0.5, 0.6) is 0 Å². The molecule has 5 heteroatoms. The second kappa shape index (κ2) is 6.70. The maximum Gasteiger partial charge on any atom is 0.248 e. The summed E-state index contributed by atoms with van der Waals surface area (Å²) < 4.78 is 0. The predicted molar refractivity (Wildman–Crippen MR) is 105 cm³/mol. The molecule has 1 atom stereocenters. The van der Waals surface area contributed by atoms with Crippen molar-refractivity contribution in [1.82, 2.24) is 9.97 Å². The van der Waals surface area contributed by atoms with Gasteiger partial charge >= 0.3 is 0 Å². The minimum atomic E-state index is -0.673. The van der Waals surface area contributed by atoms with Gasteiger partial charge in [-0.25, -0.2) is 4.98 Å². The third-order valence-electron chi connectivity index (χ3n) is 4.66. The van der Waals surface area contributed by atoms with E-state index in [1.807, 2.05) is 55.5 Å². The van der Waals surface area contributed by atoms with Crippen molar-refractivity contribution in [3.05, 3.63) is 89.0 Å². The van der Waals surface area contributed by atoms with E-state index in [0.29, 0.717) is 11.4 Å². The topological polar surface area (TPSA) is 92.0 Å². The van der Waals surface area contributed by atoms with E-state index in [4.69, 9.17) is 5.73 Å². The largest absolute Gasteiger partial charge is 0.384 e. The van der Waals surface area contributed by atoms with Crippen LogP contribution in [0, 0.1) is 6.92 Å². The zero-order chi connectivity index (χ0) is 19.0. The molecule has 0 aliphatic rings. The monoisotopic (exact) mass is 357 g/mol. The summed E-state index contributed by atoms with van der Waals surface area (Å²) in [5, 5.41) is 10.6. The number of primary amides is 1. The fourth-order valence-electron chi connectivity index (χ4n) is 3.06. The van der Waals surface area contributed by atoms with E-state index in [2.05, 4.69) is 9.97 Å². The van der Waals surface area contributed by atoms with Gasteiger partial charge in [0.1, 0.15) is 11.9 Å². The van der Waals surface area contributed by atoms with Crippen LogP contribution in [-0.2, 0) is 0 Å². The first kappa shape index (κ1) is 17.0. The van der Waals surface area contributed by atoms with Gasteiger partial charge in [-0.3, -0.25) is 4.79 Å². The summed E-state index contributed by atoms with van der Waals surface area (Å²) in [5.41, 5.74) is 11.0. The van der Waals surface area contributed by atoms with Crippen LogP contribution in [0.15, 0.2) is 66.7 Å². The van der Waals surface area contributed by atoms with Gasteiger partial charge in [0.05, 0.1) is 11.0 Å². The van der Waals surface area contributed by atoms with Gasteiger partial charge in [-0.05, 0) is 36.2 Å². The van der Waals surface area contributed by atoms with Crippen molar-refractivity contribution in [1.29, 1.82) is 0 Å². The smallest absolute Gasteiger partial charge is 0.248 e. The summed E-state index contributed by atoms with van der Waals surface area (Å²) in [7, 11) is 0. The number of aliphatic hydroxyl groups excluding tert-OH is 1. The quantitative estimate of drug-likeness (QED) is 0.520. The molecule has 4 N–H and O–H groups in total. The van der Waals surface area contributed by atoms with E-state index in [1.54, 1.807) is 18.2 Å². The summed E-state index contributed by atoms with van der Waals surface area (Å²) in [4.78, 5) is 19.1. The minimum Gasteiger partial charge on any atom is -0.384 e. The van der Waals surface area contributed by atoms with Crippen LogP contribution in [0.2, 0.25) is 0 Å². The fourth-order valence-corrected chi connectivity index (χ4v) is 3.06. The number of amides is 1. The van der Waals surface area contributed by atoms with Gasteiger partial charge in [0.15, 0.2) is 0 Å². The molecule has 0 saturated carbocycles. The van der Waals surface area contributed by atoms with Crippen molar-refractivity contribution in [2.45, 2.75) is 13.0 Å². The number of nitrogens with two attached hydrogens (primary N) is 1. The highest BCUT2D eigenvalue weighted by molar-refractivity contribution is 5.96. The Morgan fingerprint density at radius 3 is 2.26 bits per heavy atom. The van der Waals surface area contributed by atoms with Crippen molar-refractivity contribution < 1.29 is 9.90 Å². The van der Waals surface area contributed by atoms with Gasteiger partial charge in [-0.1, -0.05) is 54.1 Å². The molecule has 3 aromatic carbocycles.